The summed E-state index contributed by atoms with van der Waals surface area (Å²) in [5.74, 6) is 4.89. The van der Waals surface area contributed by atoms with Crippen LogP contribution in [-0.4, -0.2) is 66.0 Å². The summed E-state index contributed by atoms with van der Waals surface area (Å²) in [6.45, 7) is 7.11. The first-order valence-electron chi connectivity index (χ1n) is 15.8. The first kappa shape index (κ1) is 36.9. The highest BCUT2D eigenvalue weighted by Gasteiger charge is 2.29. The van der Waals surface area contributed by atoms with E-state index in [0.717, 1.165) is 79.4 Å². The third kappa shape index (κ3) is 9.02. The molecule has 1 amide bonds. The number of nitrogens with one attached hydrogen (secondary N) is 1. The molecule has 1 N–H and O–H groups in total. The van der Waals surface area contributed by atoms with Crippen LogP contribution in [0.5, 0.6) is 23.0 Å². The van der Waals surface area contributed by atoms with Gasteiger partial charge in [-0.2, -0.15) is 0 Å². The number of alkyl carbamates (subject to hydrolysis) is 1. The molecule has 3 aliphatic rings. The highest BCUT2D eigenvalue weighted by molar-refractivity contribution is 5.91. The first-order valence-corrected chi connectivity index (χ1v) is 15.8. The van der Waals surface area contributed by atoms with Crippen LogP contribution in [0.3, 0.4) is 0 Å². The Morgan fingerprint density at radius 2 is 1.48 bits per heavy atom. The monoisotopic (exact) mass is 658 g/mol. The van der Waals surface area contributed by atoms with E-state index >= 15 is 0 Å². The third-order valence-electron chi connectivity index (χ3n) is 8.52. The average Bonchev–Trinajstić information content (AvgIpc) is 3.03. The number of benzene rings is 2. The fourth-order valence-corrected chi connectivity index (χ4v) is 6.39. The topological polar surface area (TPSA) is 96.8 Å². The Hall–Kier alpha value is -3.59. The van der Waals surface area contributed by atoms with Gasteiger partial charge in [0, 0.05) is 55.1 Å². The summed E-state index contributed by atoms with van der Waals surface area (Å²) >= 11 is 0. The lowest BCUT2D eigenvalue weighted by Gasteiger charge is -2.30. The molecule has 2 aromatic carbocycles. The van der Waals surface area contributed by atoms with Gasteiger partial charge in [0.05, 0.1) is 41.3 Å². The van der Waals surface area contributed by atoms with Crippen molar-refractivity contribution in [3.63, 3.8) is 0 Å². The van der Waals surface area contributed by atoms with E-state index in [0.29, 0.717) is 12.5 Å². The molecule has 0 saturated carbocycles. The minimum absolute atomic E-state index is 0. The Morgan fingerprint density at radius 1 is 0.848 bits per heavy atom. The van der Waals surface area contributed by atoms with Crippen molar-refractivity contribution in [2.75, 3.05) is 48.6 Å². The molecule has 0 spiro atoms. The maximum absolute atomic E-state index is 11.7. The molecule has 1 heterocycles. The molecule has 10 heteroatoms. The smallest absolute Gasteiger partial charge is 0.407 e. The van der Waals surface area contributed by atoms with Crippen LogP contribution < -0.4 is 24.3 Å². The zero-order valence-corrected chi connectivity index (χ0v) is 29.5. The average molecular weight is 659 g/mol. The van der Waals surface area contributed by atoms with Gasteiger partial charge < -0.3 is 33.7 Å². The summed E-state index contributed by atoms with van der Waals surface area (Å²) in [5.41, 5.74) is 7.14. The van der Waals surface area contributed by atoms with E-state index < -0.39 is 5.60 Å². The molecule has 5 rings (SSSR count). The molecule has 0 radical (unpaired) electrons. The number of fused-ring (bicyclic) bond motifs is 3. The molecular weight excluding hydrogens is 608 g/mol. The van der Waals surface area contributed by atoms with E-state index in [4.69, 9.17) is 33.4 Å². The molecule has 254 valence electrons. The van der Waals surface area contributed by atoms with Gasteiger partial charge in [-0.1, -0.05) is 12.1 Å². The van der Waals surface area contributed by atoms with Crippen LogP contribution in [0.25, 0.3) is 0 Å². The highest BCUT2D eigenvalue weighted by atomic mass is 35.5. The number of allylic oxidation sites excluding steroid dienone is 2. The molecule has 46 heavy (non-hydrogen) atoms. The Balaban J connectivity index is 0.000000263. The number of amides is 1. The van der Waals surface area contributed by atoms with Gasteiger partial charge in [0.15, 0.2) is 23.0 Å². The van der Waals surface area contributed by atoms with Crippen LogP contribution in [-0.2, 0) is 35.2 Å². The molecule has 2 aromatic rings. The van der Waals surface area contributed by atoms with Crippen molar-refractivity contribution in [2.24, 2.45) is 10.9 Å². The molecular formula is C36H51ClN2O7. The van der Waals surface area contributed by atoms with E-state index in [2.05, 4.69) is 17.4 Å². The van der Waals surface area contributed by atoms with Crippen molar-refractivity contribution in [1.29, 1.82) is 0 Å². The Labute approximate surface area is 280 Å². The van der Waals surface area contributed by atoms with E-state index in [1.807, 2.05) is 32.9 Å². The summed E-state index contributed by atoms with van der Waals surface area (Å²) in [6, 6.07) is 8.16. The lowest BCUT2D eigenvalue weighted by Crippen LogP contribution is -2.33. The van der Waals surface area contributed by atoms with Crippen LogP contribution in [0.1, 0.15) is 68.7 Å². The van der Waals surface area contributed by atoms with Crippen molar-refractivity contribution >= 4 is 24.2 Å². The van der Waals surface area contributed by atoms with E-state index in [1.165, 1.54) is 40.8 Å². The summed E-state index contributed by atoms with van der Waals surface area (Å²) in [6.07, 6.45) is 7.26. The van der Waals surface area contributed by atoms with Crippen LogP contribution in [0.2, 0.25) is 0 Å². The van der Waals surface area contributed by atoms with Crippen LogP contribution >= 0.6 is 12.4 Å². The highest BCUT2D eigenvalue weighted by Crippen LogP contribution is 2.41. The zero-order chi connectivity index (χ0) is 32.6. The van der Waals surface area contributed by atoms with E-state index in [9.17, 15) is 4.79 Å². The fraction of sp³-hybridized carbons (Fsp3) is 0.556. The van der Waals surface area contributed by atoms with Crippen LogP contribution in [0.4, 0.5) is 4.79 Å². The standard InChI is InChI=1S/C21H31NO5.C15H19NO2.ClH/c1-21(2,3)27-20(23)22-11-7-8-15-12-16-14(13-18(15)25-5)9-10-17(24-4)19(16)26-6;1-17-14-6-5-10-9-13-11(4-3-7-16-13)8-12(10)15(14)18-2;/h9-10H,7-8,11-13H2,1-6H3,(H,22,23);5-6,11H,3-4,7-9H2,1-2H3;1H. The zero-order valence-electron chi connectivity index (χ0n) is 28.7. The molecule has 1 aliphatic heterocycles. The number of methoxy groups -OCH3 is 5. The van der Waals surface area contributed by atoms with E-state index in [-0.39, 0.29) is 18.5 Å². The second-order valence-corrected chi connectivity index (χ2v) is 12.6. The second kappa shape index (κ2) is 16.8. The first-order chi connectivity index (χ1) is 21.6. The minimum Gasteiger partial charge on any atom is -0.501 e. The predicted octanol–water partition coefficient (Wildman–Crippen LogP) is 7.08. The molecule has 9 nitrogen and oxygen atoms in total. The summed E-state index contributed by atoms with van der Waals surface area (Å²) in [7, 11) is 8.44. The number of nitrogens with zero attached hydrogens (tertiary/aromatic N) is 1. The number of halogens is 1. The van der Waals surface area contributed by atoms with Crippen LogP contribution in [0.15, 0.2) is 40.6 Å². The van der Waals surface area contributed by atoms with E-state index in [1.54, 1.807) is 35.5 Å². The molecule has 0 bridgehead atoms. The van der Waals surface area contributed by atoms with Gasteiger partial charge in [-0.3, -0.25) is 4.99 Å². The van der Waals surface area contributed by atoms with Crippen molar-refractivity contribution in [3.8, 4) is 23.0 Å². The normalized spacial score (nSPS) is 16.5. The number of aliphatic imine (C=N–C) groups is 1. The Morgan fingerprint density at radius 3 is 2.07 bits per heavy atom. The lowest BCUT2D eigenvalue weighted by molar-refractivity contribution is 0.0527. The maximum Gasteiger partial charge on any atom is 0.407 e. The number of carbonyl (C=O) groups is 1. The molecule has 0 fully saturated rings. The van der Waals surface area contributed by atoms with Gasteiger partial charge in [-0.15, -0.1) is 12.4 Å². The molecule has 0 saturated heterocycles. The number of hydrogen-bond donors (Lipinski definition) is 1. The summed E-state index contributed by atoms with van der Waals surface area (Å²) < 4.78 is 32.8. The van der Waals surface area contributed by atoms with Crippen molar-refractivity contribution in [1.82, 2.24) is 5.32 Å². The van der Waals surface area contributed by atoms with Crippen molar-refractivity contribution in [2.45, 2.75) is 77.7 Å². The Bertz CT molecular complexity index is 1410. The van der Waals surface area contributed by atoms with Crippen molar-refractivity contribution < 1.29 is 33.2 Å². The van der Waals surface area contributed by atoms with Gasteiger partial charge in [0.25, 0.3) is 0 Å². The van der Waals surface area contributed by atoms with Gasteiger partial charge in [0.1, 0.15) is 5.60 Å². The molecule has 2 aliphatic carbocycles. The maximum atomic E-state index is 11.7. The minimum atomic E-state index is -0.488. The number of carbonyl (C=O) groups excluding carboxylic acids is 1. The number of hydrogen-bond acceptors (Lipinski definition) is 8. The SMILES string of the molecule is COC1=C(CCCNC(=O)OC(C)(C)C)Cc2c(ccc(OC)c2OC)C1.COc1ccc2c(c1OC)CC1CCCN=C1C2.Cl. The Kier molecular flexibility index (Phi) is 13.5. The number of rotatable bonds is 9. The third-order valence-corrected chi connectivity index (χ3v) is 8.52. The molecule has 0 aromatic heterocycles. The molecule has 1 atom stereocenters. The molecule has 1 unspecified atom stereocenters. The lowest BCUT2D eigenvalue weighted by atomic mass is 9.78. The fourth-order valence-electron chi connectivity index (χ4n) is 6.39. The van der Waals surface area contributed by atoms with Crippen LogP contribution in [0, 0.1) is 5.92 Å². The largest absolute Gasteiger partial charge is 0.501 e. The quantitative estimate of drug-likeness (QED) is 0.288. The van der Waals surface area contributed by atoms with Gasteiger partial charge in [0.2, 0.25) is 0 Å². The summed E-state index contributed by atoms with van der Waals surface area (Å²) in [5, 5.41) is 2.80. The number of ether oxygens (including phenoxy) is 6. The predicted molar refractivity (Wildman–Crippen MR) is 184 cm³/mol. The second-order valence-electron chi connectivity index (χ2n) is 12.6. The van der Waals surface area contributed by atoms with Gasteiger partial charge in [-0.05, 0) is 81.7 Å². The van der Waals surface area contributed by atoms with Crippen molar-refractivity contribution in [3.05, 3.63) is 57.9 Å². The van der Waals surface area contributed by atoms with Gasteiger partial charge in [-0.25, -0.2) is 4.79 Å². The van der Waals surface area contributed by atoms with Gasteiger partial charge >= 0.3 is 6.09 Å². The summed E-state index contributed by atoms with van der Waals surface area (Å²) in [4.78, 5) is 16.4.